The van der Waals surface area contributed by atoms with Gasteiger partial charge in [-0.3, -0.25) is 9.59 Å². The quantitative estimate of drug-likeness (QED) is 0.778. The van der Waals surface area contributed by atoms with Crippen LogP contribution in [0.1, 0.15) is 37.9 Å². The molecule has 1 aliphatic carbocycles. The van der Waals surface area contributed by atoms with Crippen LogP contribution < -0.4 is 10.5 Å². The summed E-state index contributed by atoms with van der Waals surface area (Å²) in [6.07, 6.45) is 2.46. The highest BCUT2D eigenvalue weighted by Gasteiger charge is 2.26. The lowest BCUT2D eigenvalue weighted by Crippen LogP contribution is -2.29. The molecule has 2 rings (SSSR count). The fourth-order valence-electron chi connectivity index (χ4n) is 1.94. The summed E-state index contributed by atoms with van der Waals surface area (Å²) < 4.78 is 4.62. The van der Waals surface area contributed by atoms with Gasteiger partial charge in [-0.25, -0.2) is 4.98 Å². The van der Waals surface area contributed by atoms with Crippen molar-refractivity contribution in [3.05, 3.63) is 22.2 Å². The van der Waals surface area contributed by atoms with Crippen LogP contribution in [0.3, 0.4) is 0 Å². The average molecular weight is 265 g/mol. The number of anilines is 1. The number of hydrogen-bond donors (Lipinski definition) is 1. The number of H-pyrrole nitrogens is 1. The Morgan fingerprint density at radius 2 is 2.32 bits per heavy atom. The molecule has 1 aliphatic rings. The van der Waals surface area contributed by atoms with Crippen LogP contribution >= 0.6 is 0 Å². The molecule has 1 aromatic rings. The predicted molar refractivity (Wildman–Crippen MR) is 71.4 cm³/mol. The third-order valence-electron chi connectivity index (χ3n) is 3.23. The third kappa shape index (κ3) is 3.56. The van der Waals surface area contributed by atoms with E-state index in [4.69, 9.17) is 0 Å². The zero-order valence-electron chi connectivity index (χ0n) is 11.3. The van der Waals surface area contributed by atoms with Crippen molar-refractivity contribution >= 4 is 11.8 Å². The number of aromatic nitrogens is 2. The molecule has 6 nitrogen and oxygen atoms in total. The van der Waals surface area contributed by atoms with Crippen LogP contribution in [0.25, 0.3) is 0 Å². The molecule has 6 heteroatoms. The van der Waals surface area contributed by atoms with Gasteiger partial charge in [-0.05, 0) is 19.8 Å². The summed E-state index contributed by atoms with van der Waals surface area (Å²) in [7, 11) is 1.37. The zero-order valence-corrected chi connectivity index (χ0v) is 11.3. The van der Waals surface area contributed by atoms with Gasteiger partial charge in [-0.2, -0.15) is 0 Å². The molecule has 1 saturated carbocycles. The van der Waals surface area contributed by atoms with E-state index in [0.29, 0.717) is 24.8 Å². The maximum absolute atomic E-state index is 11.6. The molecule has 0 amide bonds. The topological polar surface area (TPSA) is 75.3 Å². The van der Waals surface area contributed by atoms with E-state index in [1.807, 2.05) is 11.8 Å². The first-order valence-corrected chi connectivity index (χ1v) is 6.57. The lowest BCUT2D eigenvalue weighted by molar-refractivity contribution is -0.140. The Hall–Kier alpha value is -1.85. The van der Waals surface area contributed by atoms with Gasteiger partial charge in [0.25, 0.3) is 5.56 Å². The Bertz CT molecular complexity index is 508. The lowest BCUT2D eigenvalue weighted by atomic mass is 10.3. The number of esters is 1. The van der Waals surface area contributed by atoms with E-state index in [2.05, 4.69) is 14.7 Å². The molecule has 0 radical (unpaired) electrons. The first-order chi connectivity index (χ1) is 9.13. The lowest BCUT2D eigenvalue weighted by Gasteiger charge is -2.21. The van der Waals surface area contributed by atoms with Crippen LogP contribution in [0, 0.1) is 0 Å². The molecule has 0 spiro atoms. The Morgan fingerprint density at radius 1 is 1.58 bits per heavy atom. The van der Waals surface area contributed by atoms with Crippen LogP contribution in [0.5, 0.6) is 0 Å². The summed E-state index contributed by atoms with van der Waals surface area (Å²) in [6, 6.07) is 1.48. The summed E-state index contributed by atoms with van der Waals surface area (Å²) in [6.45, 7) is 3.16. The molecule has 0 atom stereocenters. The van der Waals surface area contributed by atoms with Crippen molar-refractivity contribution in [1.82, 2.24) is 9.97 Å². The first kappa shape index (κ1) is 13.6. The molecule has 1 N–H and O–H groups in total. The van der Waals surface area contributed by atoms with Gasteiger partial charge in [0.2, 0.25) is 0 Å². The number of aromatic amines is 1. The normalized spacial score (nSPS) is 14.2. The first-order valence-electron chi connectivity index (χ1n) is 6.57. The molecular weight excluding hydrogens is 246 g/mol. The predicted octanol–water partition coefficient (Wildman–Crippen LogP) is 1.04. The molecule has 0 saturated heterocycles. The average Bonchev–Trinajstić information content (AvgIpc) is 3.22. The number of ether oxygens (including phenoxy) is 1. The zero-order chi connectivity index (χ0) is 13.8. The van der Waals surface area contributed by atoms with Gasteiger partial charge >= 0.3 is 5.97 Å². The molecule has 1 aromatic heterocycles. The summed E-state index contributed by atoms with van der Waals surface area (Å²) >= 11 is 0. The molecule has 0 unspecified atom stereocenters. The van der Waals surface area contributed by atoms with Crippen molar-refractivity contribution in [1.29, 1.82) is 0 Å². The molecule has 0 aliphatic heterocycles. The van der Waals surface area contributed by atoms with Crippen LogP contribution in [0.4, 0.5) is 5.82 Å². The van der Waals surface area contributed by atoms with Gasteiger partial charge in [0.05, 0.1) is 13.5 Å². The number of carbonyl (C=O) groups is 1. The van der Waals surface area contributed by atoms with Crippen LogP contribution in [0.2, 0.25) is 0 Å². The van der Waals surface area contributed by atoms with E-state index in [-0.39, 0.29) is 17.9 Å². The molecule has 104 valence electrons. The number of nitrogens with zero attached hydrogens (tertiary/aromatic N) is 2. The highest BCUT2D eigenvalue weighted by molar-refractivity contribution is 5.69. The fraction of sp³-hybridized carbons (Fsp3) is 0.615. The second kappa shape index (κ2) is 5.86. The van der Waals surface area contributed by atoms with Crippen molar-refractivity contribution in [2.45, 2.75) is 32.1 Å². The van der Waals surface area contributed by atoms with Crippen LogP contribution in [0.15, 0.2) is 10.9 Å². The van der Waals surface area contributed by atoms with Crippen molar-refractivity contribution in [3.63, 3.8) is 0 Å². The Labute approximate surface area is 111 Å². The van der Waals surface area contributed by atoms with Gasteiger partial charge in [0.15, 0.2) is 0 Å². The minimum absolute atomic E-state index is 0.136. The molecule has 1 heterocycles. The highest BCUT2D eigenvalue weighted by Crippen LogP contribution is 2.37. The third-order valence-corrected chi connectivity index (χ3v) is 3.23. The van der Waals surface area contributed by atoms with Gasteiger partial charge in [-0.1, -0.05) is 0 Å². The van der Waals surface area contributed by atoms with E-state index in [9.17, 15) is 9.59 Å². The molecule has 0 aromatic carbocycles. The number of nitrogens with one attached hydrogen (secondary N) is 1. The summed E-state index contributed by atoms with van der Waals surface area (Å²) in [5.41, 5.74) is -0.136. The smallest absolute Gasteiger partial charge is 0.307 e. The monoisotopic (exact) mass is 265 g/mol. The van der Waals surface area contributed by atoms with Crippen LogP contribution in [-0.4, -0.2) is 36.1 Å². The Kier molecular flexibility index (Phi) is 4.19. The minimum atomic E-state index is -0.259. The number of carbonyl (C=O) groups excluding carboxylic acids is 1. The maximum atomic E-state index is 11.6. The second-order valence-corrected chi connectivity index (χ2v) is 4.67. The minimum Gasteiger partial charge on any atom is -0.469 e. The Morgan fingerprint density at radius 3 is 2.89 bits per heavy atom. The molecule has 19 heavy (non-hydrogen) atoms. The van der Waals surface area contributed by atoms with Gasteiger partial charge in [0.1, 0.15) is 11.6 Å². The van der Waals surface area contributed by atoms with E-state index in [1.54, 1.807) is 0 Å². The highest BCUT2D eigenvalue weighted by atomic mass is 16.5. The molecular formula is C13H19N3O3. The SMILES string of the molecule is CCN(CCC(=O)OC)c1cc(=O)[nH]c(C2CC2)n1. The van der Waals surface area contributed by atoms with E-state index < -0.39 is 0 Å². The van der Waals surface area contributed by atoms with Crippen molar-refractivity contribution in [3.8, 4) is 0 Å². The van der Waals surface area contributed by atoms with Gasteiger partial charge < -0.3 is 14.6 Å². The molecule has 1 fully saturated rings. The van der Waals surface area contributed by atoms with Gasteiger partial charge in [0, 0.05) is 25.1 Å². The maximum Gasteiger partial charge on any atom is 0.307 e. The van der Waals surface area contributed by atoms with E-state index >= 15 is 0 Å². The number of hydrogen-bond acceptors (Lipinski definition) is 5. The van der Waals surface area contributed by atoms with Crippen molar-refractivity contribution in [2.24, 2.45) is 0 Å². The number of rotatable bonds is 6. The standard InChI is InChI=1S/C13H19N3O3/c1-3-16(7-6-12(18)19-2)10-8-11(17)15-13(14-10)9-4-5-9/h8-9H,3-7H2,1-2H3,(H,14,15,17). The summed E-state index contributed by atoms with van der Waals surface area (Å²) in [5, 5.41) is 0. The summed E-state index contributed by atoms with van der Waals surface area (Å²) in [4.78, 5) is 32.0. The van der Waals surface area contributed by atoms with Crippen molar-refractivity contribution in [2.75, 3.05) is 25.1 Å². The summed E-state index contributed by atoms with van der Waals surface area (Å²) in [5.74, 6) is 1.54. The van der Waals surface area contributed by atoms with Crippen LogP contribution in [-0.2, 0) is 9.53 Å². The molecule has 0 bridgehead atoms. The van der Waals surface area contributed by atoms with E-state index in [1.165, 1.54) is 13.2 Å². The second-order valence-electron chi connectivity index (χ2n) is 4.67. The fourth-order valence-corrected chi connectivity index (χ4v) is 1.94. The van der Waals surface area contributed by atoms with Gasteiger partial charge in [-0.15, -0.1) is 0 Å². The number of methoxy groups -OCH3 is 1. The van der Waals surface area contributed by atoms with E-state index in [0.717, 1.165) is 18.7 Å². The Balaban J connectivity index is 2.12. The largest absolute Gasteiger partial charge is 0.469 e. The van der Waals surface area contributed by atoms with Crippen molar-refractivity contribution < 1.29 is 9.53 Å².